The molecule has 0 fully saturated rings. The number of methoxy groups -OCH3 is 1. The number of imide groups is 1. The molecule has 3 aromatic rings. The van der Waals surface area contributed by atoms with Crippen molar-refractivity contribution < 1.29 is 28.2 Å². The Hall–Kier alpha value is -4.33. The molecule has 0 bridgehead atoms. The molecule has 2 aliphatic heterocycles. The van der Waals surface area contributed by atoms with Gasteiger partial charge >= 0.3 is 0 Å². The van der Waals surface area contributed by atoms with E-state index in [1.165, 1.54) is 31.4 Å². The monoisotopic (exact) mass is 432 g/mol. The van der Waals surface area contributed by atoms with Crippen molar-refractivity contribution in [2.75, 3.05) is 24.1 Å². The Balaban J connectivity index is 1.62. The van der Waals surface area contributed by atoms with Gasteiger partial charge in [0.25, 0.3) is 11.8 Å². The van der Waals surface area contributed by atoms with Gasteiger partial charge in [0.05, 0.1) is 18.4 Å². The van der Waals surface area contributed by atoms with Gasteiger partial charge in [0.2, 0.25) is 6.79 Å². The number of amides is 2. The molecule has 5 rings (SSSR count). The summed E-state index contributed by atoms with van der Waals surface area (Å²) in [6.45, 7) is 0.115. The Kier molecular flexibility index (Phi) is 4.74. The molecule has 2 heterocycles. The van der Waals surface area contributed by atoms with E-state index in [0.29, 0.717) is 28.5 Å². The molecular formula is C24H17FN2O5. The normalized spacial score (nSPS) is 14.9. The van der Waals surface area contributed by atoms with Gasteiger partial charge in [0, 0.05) is 17.3 Å². The highest BCUT2D eigenvalue weighted by molar-refractivity contribution is 6.46. The third kappa shape index (κ3) is 3.22. The van der Waals surface area contributed by atoms with Crippen LogP contribution in [-0.2, 0) is 9.59 Å². The van der Waals surface area contributed by atoms with E-state index in [4.69, 9.17) is 14.2 Å². The van der Waals surface area contributed by atoms with Crippen molar-refractivity contribution in [3.05, 3.63) is 83.8 Å². The molecule has 3 aromatic carbocycles. The molecule has 2 amide bonds. The van der Waals surface area contributed by atoms with Gasteiger partial charge in [0.15, 0.2) is 11.5 Å². The molecule has 32 heavy (non-hydrogen) atoms. The SMILES string of the molecule is COc1ccccc1C1=C(Nc2ccc3c(c2)OCO3)C(=O)N(c2ccc(F)cc2)C1=O. The fourth-order valence-electron chi connectivity index (χ4n) is 3.69. The molecule has 1 N–H and O–H groups in total. The van der Waals surface area contributed by atoms with E-state index in [1.807, 2.05) is 0 Å². The lowest BCUT2D eigenvalue weighted by Gasteiger charge is -2.15. The first kappa shape index (κ1) is 19.6. The first-order valence-corrected chi connectivity index (χ1v) is 9.75. The summed E-state index contributed by atoms with van der Waals surface area (Å²) in [7, 11) is 1.49. The van der Waals surface area contributed by atoms with Crippen LogP contribution in [0.15, 0.2) is 72.4 Å². The number of carbonyl (C=O) groups is 2. The number of rotatable bonds is 5. The highest BCUT2D eigenvalue weighted by Crippen LogP contribution is 2.39. The second kappa shape index (κ2) is 7.73. The average Bonchev–Trinajstić information content (AvgIpc) is 3.37. The zero-order valence-corrected chi connectivity index (χ0v) is 16.9. The average molecular weight is 432 g/mol. The summed E-state index contributed by atoms with van der Waals surface area (Å²) in [5.74, 6) is -0.0218. The lowest BCUT2D eigenvalue weighted by Crippen LogP contribution is -2.32. The van der Waals surface area contributed by atoms with Crippen LogP contribution in [0.2, 0.25) is 0 Å². The molecule has 0 spiro atoms. The summed E-state index contributed by atoms with van der Waals surface area (Å²) in [6, 6.07) is 17.2. The number of hydrogen-bond donors (Lipinski definition) is 1. The van der Waals surface area contributed by atoms with Crippen molar-refractivity contribution in [1.82, 2.24) is 0 Å². The second-order valence-electron chi connectivity index (χ2n) is 7.07. The summed E-state index contributed by atoms with van der Waals surface area (Å²) >= 11 is 0. The number of nitrogens with zero attached hydrogens (tertiary/aromatic N) is 1. The van der Waals surface area contributed by atoms with E-state index in [1.54, 1.807) is 42.5 Å². The van der Waals surface area contributed by atoms with Crippen molar-refractivity contribution in [2.24, 2.45) is 0 Å². The minimum atomic E-state index is -0.569. The first-order chi connectivity index (χ1) is 15.6. The van der Waals surface area contributed by atoms with Crippen molar-refractivity contribution in [1.29, 1.82) is 0 Å². The third-order valence-electron chi connectivity index (χ3n) is 5.19. The standard InChI is InChI=1S/C24H17FN2O5/c1-30-18-5-3-2-4-17(18)21-22(26-15-8-11-19-20(12-15)32-13-31-19)24(29)27(23(21)28)16-9-6-14(25)7-10-16/h2-12,26H,13H2,1H3. The van der Waals surface area contributed by atoms with E-state index in [-0.39, 0.29) is 23.8 Å². The lowest BCUT2D eigenvalue weighted by molar-refractivity contribution is -0.120. The fourth-order valence-corrected chi connectivity index (χ4v) is 3.69. The summed E-state index contributed by atoms with van der Waals surface area (Å²) in [6.07, 6.45) is 0. The van der Waals surface area contributed by atoms with Crippen molar-refractivity contribution in [3.8, 4) is 17.2 Å². The third-order valence-corrected chi connectivity index (χ3v) is 5.19. The molecular weight excluding hydrogens is 415 g/mol. The number of nitrogens with one attached hydrogen (secondary N) is 1. The molecule has 0 unspecified atom stereocenters. The number of anilines is 2. The minimum absolute atomic E-state index is 0.0719. The van der Waals surface area contributed by atoms with Gasteiger partial charge in [-0.3, -0.25) is 9.59 Å². The predicted octanol–water partition coefficient (Wildman–Crippen LogP) is 3.96. The molecule has 0 atom stereocenters. The summed E-state index contributed by atoms with van der Waals surface area (Å²) < 4.78 is 29.6. The molecule has 0 saturated heterocycles. The summed E-state index contributed by atoms with van der Waals surface area (Å²) in [5, 5.41) is 3.06. The van der Waals surface area contributed by atoms with E-state index < -0.39 is 17.6 Å². The largest absolute Gasteiger partial charge is 0.496 e. The molecule has 0 saturated carbocycles. The van der Waals surface area contributed by atoms with Crippen LogP contribution in [-0.4, -0.2) is 25.7 Å². The van der Waals surface area contributed by atoms with Crippen molar-refractivity contribution in [2.45, 2.75) is 0 Å². The summed E-state index contributed by atoms with van der Waals surface area (Å²) in [5.41, 5.74) is 1.48. The van der Waals surface area contributed by atoms with Crippen LogP contribution in [0.4, 0.5) is 15.8 Å². The van der Waals surface area contributed by atoms with Crippen LogP contribution in [0.3, 0.4) is 0 Å². The maximum Gasteiger partial charge on any atom is 0.282 e. The maximum absolute atomic E-state index is 13.5. The maximum atomic E-state index is 13.5. The molecule has 8 heteroatoms. The number of hydrogen-bond acceptors (Lipinski definition) is 6. The van der Waals surface area contributed by atoms with E-state index in [0.717, 1.165) is 4.90 Å². The number of fused-ring (bicyclic) bond motifs is 1. The van der Waals surface area contributed by atoms with Gasteiger partial charge < -0.3 is 19.5 Å². The van der Waals surface area contributed by atoms with Gasteiger partial charge in [0.1, 0.15) is 17.3 Å². The smallest absolute Gasteiger partial charge is 0.282 e. The van der Waals surface area contributed by atoms with Gasteiger partial charge in [-0.15, -0.1) is 0 Å². The van der Waals surface area contributed by atoms with Gasteiger partial charge in [-0.25, -0.2) is 9.29 Å². The van der Waals surface area contributed by atoms with Crippen LogP contribution < -0.4 is 24.4 Å². The van der Waals surface area contributed by atoms with Crippen molar-refractivity contribution >= 4 is 28.8 Å². The molecule has 0 aliphatic carbocycles. The quantitative estimate of drug-likeness (QED) is 0.615. The number of carbonyl (C=O) groups excluding carboxylic acids is 2. The van der Waals surface area contributed by atoms with Crippen LogP contribution in [0.1, 0.15) is 5.56 Å². The van der Waals surface area contributed by atoms with Crippen LogP contribution >= 0.6 is 0 Å². The van der Waals surface area contributed by atoms with Gasteiger partial charge in [-0.05, 0) is 42.5 Å². The Morgan fingerprint density at radius 1 is 0.938 bits per heavy atom. The van der Waals surface area contributed by atoms with Crippen molar-refractivity contribution in [3.63, 3.8) is 0 Å². The Morgan fingerprint density at radius 2 is 1.69 bits per heavy atom. The Bertz CT molecular complexity index is 1270. The van der Waals surface area contributed by atoms with Crippen LogP contribution in [0, 0.1) is 5.82 Å². The highest BCUT2D eigenvalue weighted by atomic mass is 19.1. The fraction of sp³-hybridized carbons (Fsp3) is 0.0833. The van der Waals surface area contributed by atoms with Crippen LogP contribution in [0.25, 0.3) is 5.57 Å². The lowest BCUT2D eigenvalue weighted by atomic mass is 10.0. The first-order valence-electron chi connectivity index (χ1n) is 9.75. The Labute approximate surface area is 182 Å². The van der Waals surface area contributed by atoms with Gasteiger partial charge in [-0.1, -0.05) is 18.2 Å². The molecule has 7 nitrogen and oxygen atoms in total. The van der Waals surface area contributed by atoms with E-state index in [9.17, 15) is 14.0 Å². The number of para-hydroxylation sites is 1. The molecule has 0 radical (unpaired) electrons. The molecule has 160 valence electrons. The predicted molar refractivity (Wildman–Crippen MR) is 115 cm³/mol. The van der Waals surface area contributed by atoms with E-state index in [2.05, 4.69) is 5.32 Å². The molecule has 2 aliphatic rings. The second-order valence-corrected chi connectivity index (χ2v) is 7.07. The molecule has 0 aromatic heterocycles. The summed E-state index contributed by atoms with van der Waals surface area (Å²) in [4.78, 5) is 27.9. The Morgan fingerprint density at radius 3 is 2.47 bits per heavy atom. The zero-order valence-electron chi connectivity index (χ0n) is 16.9. The van der Waals surface area contributed by atoms with E-state index >= 15 is 0 Å². The highest BCUT2D eigenvalue weighted by Gasteiger charge is 2.41. The van der Waals surface area contributed by atoms with Crippen LogP contribution in [0.5, 0.6) is 17.2 Å². The minimum Gasteiger partial charge on any atom is -0.496 e. The van der Waals surface area contributed by atoms with Gasteiger partial charge in [-0.2, -0.15) is 0 Å². The number of ether oxygens (including phenoxy) is 3. The topological polar surface area (TPSA) is 77.1 Å². The number of benzene rings is 3. The zero-order chi connectivity index (χ0) is 22.2. The number of halogens is 1.